The lowest BCUT2D eigenvalue weighted by molar-refractivity contribution is -0.253. The fourth-order valence-corrected chi connectivity index (χ4v) is 5.75. The molecule has 8 nitrogen and oxygen atoms in total. The quantitative estimate of drug-likeness (QED) is 0.252. The van der Waals surface area contributed by atoms with Crippen LogP contribution in [0.4, 0.5) is 4.79 Å². The number of nitrogens with zero attached hydrogens (tertiary/aromatic N) is 1. The zero-order valence-corrected chi connectivity index (χ0v) is 24.9. The van der Waals surface area contributed by atoms with Gasteiger partial charge in [-0.3, -0.25) is 0 Å². The van der Waals surface area contributed by atoms with Crippen LogP contribution < -0.4 is 5.32 Å². The summed E-state index contributed by atoms with van der Waals surface area (Å²) in [4.78, 5) is 14.1. The van der Waals surface area contributed by atoms with E-state index in [9.17, 15) is 15.0 Å². The van der Waals surface area contributed by atoms with Gasteiger partial charge in [-0.15, -0.1) is 0 Å². The van der Waals surface area contributed by atoms with Crippen molar-refractivity contribution in [3.8, 4) is 0 Å². The van der Waals surface area contributed by atoms with Crippen molar-refractivity contribution in [2.75, 3.05) is 26.2 Å². The van der Waals surface area contributed by atoms with Gasteiger partial charge < -0.3 is 34.6 Å². The van der Waals surface area contributed by atoms with Gasteiger partial charge in [-0.25, -0.2) is 4.79 Å². The van der Waals surface area contributed by atoms with Gasteiger partial charge in [0, 0.05) is 43.2 Å². The lowest BCUT2D eigenvalue weighted by Gasteiger charge is -2.42. The maximum absolute atomic E-state index is 11.8. The number of alkyl carbamates (subject to hydrolysis) is 1. The Morgan fingerprint density at radius 2 is 1.65 bits per heavy atom. The lowest BCUT2D eigenvalue weighted by Crippen LogP contribution is -2.46. The zero-order chi connectivity index (χ0) is 30.2. The van der Waals surface area contributed by atoms with E-state index < -0.39 is 18.0 Å². The number of benzene rings is 3. The number of ether oxygens (including phenoxy) is 3. The van der Waals surface area contributed by atoms with E-state index in [-0.39, 0.29) is 25.4 Å². The van der Waals surface area contributed by atoms with Crippen LogP contribution in [0.15, 0.2) is 85.5 Å². The second-order valence-corrected chi connectivity index (χ2v) is 11.6. The Morgan fingerprint density at radius 1 is 1.00 bits per heavy atom. The summed E-state index contributed by atoms with van der Waals surface area (Å²) in [5.74, 6) is 0. The summed E-state index contributed by atoms with van der Waals surface area (Å²) in [6.07, 6.45) is 2.11. The van der Waals surface area contributed by atoms with Gasteiger partial charge in [-0.2, -0.15) is 0 Å². The SMILES string of the molecule is C=CCOC(=O)NCc1ccc([C@H]2O[C@@H](CN3CCC(O)(c4ccc(Cl)cc4)CC3)C[C@@H](c3ccc(CO)cc3)O2)cc1. The standard InChI is InChI=1S/C34H39ClN2O6/c1-2-19-41-33(39)36-21-24-3-9-27(10-4-24)32-42-30(20-31(43-32)26-7-5-25(23-38)6-8-26)22-37-17-15-34(40,16-18-37)28-11-13-29(35)14-12-28/h2-14,30-32,38,40H,1,15-23H2,(H,36,39)/t30-,31+,32+/m1/s1. The van der Waals surface area contributed by atoms with E-state index in [1.54, 1.807) is 0 Å². The first kappa shape index (κ1) is 31.2. The molecule has 3 atom stereocenters. The van der Waals surface area contributed by atoms with Crippen molar-refractivity contribution in [3.05, 3.63) is 118 Å². The second-order valence-electron chi connectivity index (χ2n) is 11.2. The van der Waals surface area contributed by atoms with Crippen LogP contribution in [0.25, 0.3) is 0 Å². The van der Waals surface area contributed by atoms with Gasteiger partial charge >= 0.3 is 6.09 Å². The van der Waals surface area contributed by atoms with Crippen LogP contribution in [0, 0.1) is 0 Å². The number of nitrogens with one attached hydrogen (secondary N) is 1. The Bertz CT molecular complexity index is 1340. The van der Waals surface area contributed by atoms with Crippen molar-refractivity contribution in [1.29, 1.82) is 0 Å². The minimum absolute atomic E-state index is 0.00925. The molecule has 0 spiro atoms. The van der Waals surface area contributed by atoms with Crippen LogP contribution in [0.5, 0.6) is 0 Å². The third-order valence-corrected chi connectivity index (χ3v) is 8.41. The molecule has 3 aromatic carbocycles. The number of hydrogen-bond acceptors (Lipinski definition) is 7. The number of carbonyl (C=O) groups is 1. The van der Waals surface area contributed by atoms with E-state index in [0.717, 1.165) is 47.5 Å². The second kappa shape index (κ2) is 14.5. The van der Waals surface area contributed by atoms with E-state index in [0.29, 0.717) is 30.8 Å². The van der Waals surface area contributed by atoms with Crippen molar-refractivity contribution < 1.29 is 29.2 Å². The number of piperidine rings is 1. The van der Waals surface area contributed by atoms with Crippen molar-refractivity contribution in [3.63, 3.8) is 0 Å². The van der Waals surface area contributed by atoms with E-state index in [4.69, 9.17) is 25.8 Å². The minimum Gasteiger partial charge on any atom is -0.445 e. The van der Waals surface area contributed by atoms with Gasteiger partial charge in [0.2, 0.25) is 0 Å². The molecule has 0 saturated carbocycles. The Hall–Kier alpha value is -3.24. The lowest BCUT2D eigenvalue weighted by atomic mass is 9.84. The molecule has 2 aliphatic rings. The Morgan fingerprint density at radius 3 is 2.30 bits per heavy atom. The zero-order valence-electron chi connectivity index (χ0n) is 24.2. The predicted molar refractivity (Wildman–Crippen MR) is 164 cm³/mol. The van der Waals surface area contributed by atoms with Crippen molar-refractivity contribution in [2.24, 2.45) is 0 Å². The van der Waals surface area contributed by atoms with E-state index in [2.05, 4.69) is 16.8 Å². The van der Waals surface area contributed by atoms with Gasteiger partial charge in [0.1, 0.15) is 6.61 Å². The Kier molecular flexibility index (Phi) is 10.5. The van der Waals surface area contributed by atoms with Crippen molar-refractivity contribution in [2.45, 2.75) is 56.5 Å². The third-order valence-electron chi connectivity index (χ3n) is 8.16. The highest BCUT2D eigenvalue weighted by atomic mass is 35.5. The average molecular weight is 607 g/mol. The number of carbonyl (C=O) groups excluding carboxylic acids is 1. The molecule has 1 amide bonds. The van der Waals surface area contributed by atoms with Crippen LogP contribution in [0.1, 0.15) is 59.5 Å². The van der Waals surface area contributed by atoms with Crippen molar-refractivity contribution >= 4 is 17.7 Å². The topological polar surface area (TPSA) is 100 Å². The fourth-order valence-electron chi connectivity index (χ4n) is 5.63. The van der Waals surface area contributed by atoms with Crippen LogP contribution >= 0.6 is 11.6 Å². The summed E-state index contributed by atoms with van der Waals surface area (Å²) in [7, 11) is 0. The molecular formula is C34H39ClN2O6. The number of aliphatic hydroxyl groups is 2. The molecule has 0 unspecified atom stereocenters. The molecule has 228 valence electrons. The fraction of sp³-hybridized carbons (Fsp3) is 0.382. The number of hydrogen-bond donors (Lipinski definition) is 3. The normalized spacial score (nSPS) is 22.1. The molecule has 2 aliphatic heterocycles. The van der Waals surface area contributed by atoms with Crippen LogP contribution in [0.3, 0.4) is 0 Å². The van der Waals surface area contributed by atoms with Crippen LogP contribution in [0.2, 0.25) is 5.02 Å². The summed E-state index contributed by atoms with van der Waals surface area (Å²) < 4.78 is 18.0. The summed E-state index contributed by atoms with van der Waals surface area (Å²) in [5.41, 5.74) is 3.72. The summed E-state index contributed by atoms with van der Waals surface area (Å²) in [6, 6.07) is 23.1. The first-order chi connectivity index (χ1) is 20.8. The van der Waals surface area contributed by atoms with E-state index in [1.807, 2.05) is 72.8 Å². The first-order valence-electron chi connectivity index (χ1n) is 14.7. The van der Waals surface area contributed by atoms with Gasteiger partial charge in [0.15, 0.2) is 6.29 Å². The molecule has 0 bridgehead atoms. The molecule has 2 heterocycles. The number of amides is 1. The Balaban J connectivity index is 1.25. The van der Waals surface area contributed by atoms with Crippen LogP contribution in [-0.4, -0.2) is 53.6 Å². The molecule has 43 heavy (non-hydrogen) atoms. The van der Waals surface area contributed by atoms with Crippen molar-refractivity contribution in [1.82, 2.24) is 10.2 Å². The minimum atomic E-state index is -0.865. The largest absolute Gasteiger partial charge is 0.445 e. The predicted octanol–water partition coefficient (Wildman–Crippen LogP) is 5.77. The first-order valence-corrected chi connectivity index (χ1v) is 15.0. The molecule has 2 saturated heterocycles. The molecule has 0 radical (unpaired) electrons. The van der Waals surface area contributed by atoms with Gasteiger partial charge in [0.05, 0.1) is 24.4 Å². The van der Waals surface area contributed by atoms with Gasteiger partial charge in [0.25, 0.3) is 0 Å². The number of likely N-dealkylation sites (tertiary alicyclic amines) is 1. The molecule has 3 aromatic rings. The summed E-state index contributed by atoms with van der Waals surface area (Å²) in [6.45, 7) is 6.24. The number of halogens is 1. The molecule has 9 heteroatoms. The highest BCUT2D eigenvalue weighted by Gasteiger charge is 2.37. The monoisotopic (exact) mass is 606 g/mol. The molecule has 5 rings (SSSR count). The maximum atomic E-state index is 11.8. The van der Waals surface area contributed by atoms with E-state index >= 15 is 0 Å². The number of aliphatic hydroxyl groups excluding tert-OH is 1. The smallest absolute Gasteiger partial charge is 0.407 e. The third kappa shape index (κ3) is 8.23. The highest BCUT2D eigenvalue weighted by molar-refractivity contribution is 6.30. The van der Waals surface area contributed by atoms with Gasteiger partial charge in [-0.05, 0) is 47.2 Å². The summed E-state index contributed by atoms with van der Waals surface area (Å²) in [5, 5.41) is 24.2. The van der Waals surface area contributed by atoms with Crippen LogP contribution in [-0.2, 0) is 33.0 Å². The Labute approximate surface area is 257 Å². The molecule has 3 N–H and O–H groups in total. The average Bonchev–Trinajstić information content (AvgIpc) is 3.04. The molecule has 0 aromatic heterocycles. The maximum Gasteiger partial charge on any atom is 0.407 e. The van der Waals surface area contributed by atoms with Gasteiger partial charge in [-0.1, -0.05) is 84.9 Å². The van der Waals surface area contributed by atoms with E-state index in [1.165, 1.54) is 6.08 Å². The summed E-state index contributed by atoms with van der Waals surface area (Å²) >= 11 is 6.06. The highest BCUT2D eigenvalue weighted by Crippen LogP contribution is 2.39. The molecular weight excluding hydrogens is 568 g/mol. The number of rotatable bonds is 10. The molecule has 2 fully saturated rings. The molecule has 0 aliphatic carbocycles.